The minimum atomic E-state index is -0.943. The zero-order valence-corrected chi connectivity index (χ0v) is 11.8. The fourth-order valence-electron chi connectivity index (χ4n) is 2.64. The van der Waals surface area contributed by atoms with Crippen molar-refractivity contribution < 1.29 is 14.7 Å². The van der Waals surface area contributed by atoms with Crippen LogP contribution < -0.4 is 5.32 Å². The summed E-state index contributed by atoms with van der Waals surface area (Å²) >= 11 is 0. The number of aryl methyl sites for hydroxylation is 2. The third-order valence-corrected chi connectivity index (χ3v) is 3.82. The largest absolute Gasteiger partial charge is 0.481 e. The van der Waals surface area contributed by atoms with Gasteiger partial charge in [-0.25, -0.2) is 0 Å². The molecule has 0 heterocycles. The molecule has 0 saturated heterocycles. The molecule has 4 heteroatoms. The van der Waals surface area contributed by atoms with Gasteiger partial charge in [-0.05, 0) is 49.3 Å². The van der Waals surface area contributed by atoms with Crippen molar-refractivity contribution in [2.75, 3.05) is 0 Å². The predicted octanol–water partition coefficient (Wildman–Crippen LogP) is 2.61. The van der Waals surface area contributed by atoms with Crippen molar-refractivity contribution in [1.82, 2.24) is 5.32 Å². The maximum Gasteiger partial charge on any atom is 0.303 e. The lowest BCUT2D eigenvalue weighted by Gasteiger charge is -2.20. The van der Waals surface area contributed by atoms with Crippen molar-refractivity contribution in [2.45, 2.75) is 51.5 Å². The molecule has 1 aromatic carbocycles. The Kier molecular flexibility index (Phi) is 4.77. The molecule has 2 N–H and O–H groups in total. The molecular formula is C16H21NO3. The van der Waals surface area contributed by atoms with Gasteiger partial charge in [0.2, 0.25) is 5.91 Å². The van der Waals surface area contributed by atoms with Crippen molar-refractivity contribution in [3.05, 3.63) is 34.9 Å². The first-order valence-corrected chi connectivity index (χ1v) is 7.19. The molecule has 20 heavy (non-hydrogen) atoms. The number of hydrogen-bond acceptors (Lipinski definition) is 2. The molecule has 0 bridgehead atoms. The van der Waals surface area contributed by atoms with E-state index < -0.39 is 5.97 Å². The van der Waals surface area contributed by atoms with Crippen LogP contribution >= 0.6 is 0 Å². The molecule has 0 aliphatic heterocycles. The molecule has 1 aliphatic carbocycles. The van der Waals surface area contributed by atoms with Gasteiger partial charge in [-0.1, -0.05) is 18.2 Å². The summed E-state index contributed by atoms with van der Waals surface area (Å²) in [6, 6.07) is 6.32. The second-order valence-electron chi connectivity index (χ2n) is 5.42. The van der Waals surface area contributed by atoms with Crippen LogP contribution in [0.5, 0.6) is 0 Å². The van der Waals surface area contributed by atoms with E-state index in [0.717, 1.165) is 18.4 Å². The Morgan fingerprint density at radius 3 is 2.60 bits per heavy atom. The predicted molar refractivity (Wildman–Crippen MR) is 76.5 cm³/mol. The Hall–Kier alpha value is -1.84. The monoisotopic (exact) mass is 275 g/mol. The standard InChI is InChI=1S/C16H21NO3/c1-11(17-15(18)8-9-16(19)20)13-7-6-12-4-2-3-5-14(12)10-13/h6-7,10-11H,2-5,8-9H2,1H3,(H,17,18)(H,19,20)/t11-/m1/s1. The Bertz CT molecular complexity index is 510. The maximum atomic E-state index is 11.6. The average molecular weight is 275 g/mol. The lowest BCUT2D eigenvalue weighted by Crippen LogP contribution is -2.27. The topological polar surface area (TPSA) is 66.4 Å². The summed E-state index contributed by atoms with van der Waals surface area (Å²) in [6.07, 6.45) is 4.66. The Labute approximate surface area is 119 Å². The van der Waals surface area contributed by atoms with Crippen LogP contribution in [0.4, 0.5) is 0 Å². The van der Waals surface area contributed by atoms with Crippen LogP contribution in [0.25, 0.3) is 0 Å². The highest BCUT2D eigenvalue weighted by Gasteiger charge is 2.14. The Morgan fingerprint density at radius 2 is 1.90 bits per heavy atom. The van der Waals surface area contributed by atoms with E-state index >= 15 is 0 Å². The van der Waals surface area contributed by atoms with Gasteiger partial charge in [-0.3, -0.25) is 9.59 Å². The minimum absolute atomic E-state index is 0.0324. The van der Waals surface area contributed by atoms with E-state index in [4.69, 9.17) is 5.11 Å². The molecule has 108 valence electrons. The number of aliphatic carboxylic acids is 1. The molecule has 0 spiro atoms. The van der Waals surface area contributed by atoms with Gasteiger partial charge < -0.3 is 10.4 Å². The lowest BCUT2D eigenvalue weighted by atomic mass is 9.89. The number of rotatable bonds is 5. The van der Waals surface area contributed by atoms with Crippen LogP contribution in [0.1, 0.15) is 55.3 Å². The normalized spacial score (nSPS) is 15.2. The second-order valence-corrected chi connectivity index (χ2v) is 5.42. The molecule has 0 fully saturated rings. The molecule has 0 aromatic heterocycles. The number of carboxylic acid groups (broad SMARTS) is 1. The Morgan fingerprint density at radius 1 is 1.20 bits per heavy atom. The van der Waals surface area contributed by atoms with Crippen LogP contribution in [-0.2, 0) is 22.4 Å². The van der Waals surface area contributed by atoms with E-state index in [-0.39, 0.29) is 24.8 Å². The maximum absolute atomic E-state index is 11.6. The van der Waals surface area contributed by atoms with Gasteiger partial charge in [0.15, 0.2) is 0 Å². The molecular weight excluding hydrogens is 254 g/mol. The molecule has 4 nitrogen and oxygen atoms in total. The first kappa shape index (κ1) is 14.6. The van der Waals surface area contributed by atoms with Gasteiger partial charge in [0.05, 0.1) is 12.5 Å². The van der Waals surface area contributed by atoms with E-state index in [0.29, 0.717) is 0 Å². The second kappa shape index (κ2) is 6.55. The quantitative estimate of drug-likeness (QED) is 0.868. The number of hydrogen-bond donors (Lipinski definition) is 2. The third-order valence-electron chi connectivity index (χ3n) is 3.82. The number of benzene rings is 1. The van der Waals surface area contributed by atoms with Crippen molar-refractivity contribution in [1.29, 1.82) is 0 Å². The van der Waals surface area contributed by atoms with Crippen molar-refractivity contribution >= 4 is 11.9 Å². The van der Waals surface area contributed by atoms with Crippen LogP contribution in [0, 0.1) is 0 Å². The summed E-state index contributed by atoms with van der Waals surface area (Å²) in [5.41, 5.74) is 3.90. The summed E-state index contributed by atoms with van der Waals surface area (Å²) in [6.45, 7) is 1.93. The molecule has 1 atom stereocenters. The number of carbonyl (C=O) groups is 2. The van der Waals surface area contributed by atoms with Gasteiger partial charge >= 0.3 is 5.97 Å². The van der Waals surface area contributed by atoms with Crippen LogP contribution in [-0.4, -0.2) is 17.0 Å². The average Bonchev–Trinajstić information content (AvgIpc) is 2.44. The molecule has 0 unspecified atom stereocenters. The smallest absolute Gasteiger partial charge is 0.303 e. The van der Waals surface area contributed by atoms with Crippen LogP contribution in [0.3, 0.4) is 0 Å². The zero-order chi connectivity index (χ0) is 14.5. The Balaban J connectivity index is 1.96. The minimum Gasteiger partial charge on any atom is -0.481 e. The number of amides is 1. The number of fused-ring (bicyclic) bond motifs is 1. The van der Waals surface area contributed by atoms with Gasteiger partial charge in [-0.15, -0.1) is 0 Å². The highest BCUT2D eigenvalue weighted by Crippen LogP contribution is 2.24. The SMILES string of the molecule is C[C@@H](NC(=O)CCC(=O)O)c1ccc2c(c1)CCCC2. The first-order valence-electron chi connectivity index (χ1n) is 7.19. The summed E-state index contributed by atoms with van der Waals surface area (Å²) in [5.74, 6) is -1.15. The molecule has 1 amide bonds. The highest BCUT2D eigenvalue weighted by molar-refractivity contribution is 5.80. The van der Waals surface area contributed by atoms with Gasteiger partial charge in [0, 0.05) is 6.42 Å². The zero-order valence-electron chi connectivity index (χ0n) is 11.8. The van der Waals surface area contributed by atoms with E-state index in [1.54, 1.807) is 0 Å². The van der Waals surface area contributed by atoms with Crippen molar-refractivity contribution in [3.8, 4) is 0 Å². The van der Waals surface area contributed by atoms with E-state index in [9.17, 15) is 9.59 Å². The van der Waals surface area contributed by atoms with E-state index in [1.165, 1.54) is 24.0 Å². The molecule has 1 aliphatic rings. The fraction of sp³-hybridized carbons (Fsp3) is 0.500. The summed E-state index contributed by atoms with van der Waals surface area (Å²) in [5, 5.41) is 11.4. The van der Waals surface area contributed by atoms with Crippen molar-refractivity contribution in [2.24, 2.45) is 0 Å². The van der Waals surface area contributed by atoms with Crippen LogP contribution in [0.2, 0.25) is 0 Å². The van der Waals surface area contributed by atoms with E-state index in [1.807, 2.05) is 6.92 Å². The fourth-order valence-corrected chi connectivity index (χ4v) is 2.64. The number of carboxylic acids is 1. The van der Waals surface area contributed by atoms with Gasteiger partial charge in [0.25, 0.3) is 0 Å². The van der Waals surface area contributed by atoms with Crippen LogP contribution in [0.15, 0.2) is 18.2 Å². The molecule has 0 saturated carbocycles. The van der Waals surface area contributed by atoms with Gasteiger partial charge in [0.1, 0.15) is 0 Å². The van der Waals surface area contributed by atoms with E-state index in [2.05, 4.69) is 23.5 Å². The van der Waals surface area contributed by atoms with Gasteiger partial charge in [-0.2, -0.15) is 0 Å². The summed E-state index contributed by atoms with van der Waals surface area (Å²) in [4.78, 5) is 22.1. The first-order chi connectivity index (χ1) is 9.56. The van der Waals surface area contributed by atoms with Crippen molar-refractivity contribution in [3.63, 3.8) is 0 Å². The third kappa shape index (κ3) is 3.83. The molecule has 2 rings (SSSR count). The summed E-state index contributed by atoms with van der Waals surface area (Å²) < 4.78 is 0. The molecule has 0 radical (unpaired) electrons. The number of nitrogens with one attached hydrogen (secondary N) is 1. The lowest BCUT2D eigenvalue weighted by molar-refractivity contribution is -0.138. The molecule has 1 aromatic rings. The highest BCUT2D eigenvalue weighted by atomic mass is 16.4. The summed E-state index contributed by atoms with van der Waals surface area (Å²) in [7, 11) is 0. The number of carbonyl (C=O) groups excluding carboxylic acids is 1.